The van der Waals surface area contributed by atoms with Crippen molar-refractivity contribution in [3.63, 3.8) is 0 Å². The highest BCUT2D eigenvalue weighted by atomic mass is 16.5. The molecule has 1 aromatic heterocycles. The van der Waals surface area contributed by atoms with Crippen molar-refractivity contribution in [2.45, 2.75) is 25.3 Å². The van der Waals surface area contributed by atoms with Crippen LogP contribution in [0.15, 0.2) is 60.8 Å². The van der Waals surface area contributed by atoms with Gasteiger partial charge in [0.2, 0.25) is 0 Å². The minimum atomic E-state index is -0.591. The molecule has 7 nitrogen and oxygen atoms in total. The van der Waals surface area contributed by atoms with Crippen molar-refractivity contribution in [2.24, 2.45) is 0 Å². The Balaban J connectivity index is 1.38. The third-order valence-corrected chi connectivity index (χ3v) is 5.49. The third-order valence-electron chi connectivity index (χ3n) is 5.49. The molecule has 1 unspecified atom stereocenters. The molecule has 0 spiro atoms. The molecular weight excluding hydrogens is 380 g/mol. The van der Waals surface area contributed by atoms with E-state index in [0.29, 0.717) is 12.4 Å². The van der Waals surface area contributed by atoms with Gasteiger partial charge >= 0.3 is 0 Å². The fourth-order valence-electron chi connectivity index (χ4n) is 3.84. The molecule has 0 radical (unpaired) electrons. The minimum absolute atomic E-state index is 0.0684. The molecule has 7 heteroatoms. The van der Waals surface area contributed by atoms with Gasteiger partial charge in [0.15, 0.2) is 0 Å². The highest BCUT2D eigenvalue weighted by Gasteiger charge is 2.22. The number of nitrogens with one attached hydrogen (secondary N) is 2. The van der Waals surface area contributed by atoms with E-state index in [4.69, 9.17) is 5.21 Å². The fraction of sp³-hybridized carbons (Fsp3) is 0.261. The molecule has 1 saturated heterocycles. The summed E-state index contributed by atoms with van der Waals surface area (Å²) in [6, 6.07) is 17.4. The largest absolute Gasteiger partial charge is 0.367 e. The molecule has 3 N–H and O–H groups in total. The highest BCUT2D eigenvalue weighted by Crippen LogP contribution is 2.20. The van der Waals surface area contributed by atoms with E-state index in [1.807, 2.05) is 47.4 Å². The smallest absolute Gasteiger partial charge is 0.276 e. The summed E-state index contributed by atoms with van der Waals surface area (Å²) in [7, 11) is 0. The van der Waals surface area contributed by atoms with E-state index in [9.17, 15) is 9.59 Å². The molecule has 0 saturated carbocycles. The number of hydrogen-bond donors (Lipinski definition) is 3. The summed E-state index contributed by atoms with van der Waals surface area (Å²) in [6.07, 6.45) is 4.07. The number of benzene rings is 2. The number of carbonyl (C=O) groups is 2. The predicted octanol–water partition coefficient (Wildman–Crippen LogP) is 3.46. The van der Waals surface area contributed by atoms with Crippen LogP contribution in [-0.4, -0.2) is 46.0 Å². The number of hydroxylamine groups is 1. The van der Waals surface area contributed by atoms with Gasteiger partial charge in [0.1, 0.15) is 5.82 Å². The van der Waals surface area contributed by atoms with Crippen LogP contribution in [0.3, 0.4) is 0 Å². The van der Waals surface area contributed by atoms with Crippen LogP contribution in [0.2, 0.25) is 0 Å². The van der Waals surface area contributed by atoms with Gasteiger partial charge in [-0.2, -0.15) is 0 Å². The zero-order chi connectivity index (χ0) is 20.9. The molecule has 2 amide bonds. The average molecular weight is 404 g/mol. The molecule has 3 aromatic rings. The van der Waals surface area contributed by atoms with Gasteiger partial charge in [0.25, 0.3) is 11.8 Å². The Morgan fingerprint density at radius 3 is 2.53 bits per heavy atom. The van der Waals surface area contributed by atoms with Crippen LogP contribution in [0.5, 0.6) is 0 Å². The molecule has 4 rings (SSSR count). The summed E-state index contributed by atoms with van der Waals surface area (Å²) in [5.74, 6) is 0.147. The predicted molar refractivity (Wildman–Crippen MR) is 115 cm³/mol. The maximum Gasteiger partial charge on any atom is 0.276 e. The molecule has 0 aliphatic carbocycles. The number of anilines is 1. The molecule has 2 aromatic carbocycles. The first kappa shape index (κ1) is 19.8. The van der Waals surface area contributed by atoms with Crippen molar-refractivity contribution in [2.75, 3.05) is 18.4 Å². The molecule has 0 bridgehead atoms. The van der Waals surface area contributed by atoms with E-state index in [1.54, 1.807) is 17.6 Å². The number of hydrogen-bond acceptors (Lipinski definition) is 5. The Morgan fingerprint density at radius 2 is 1.77 bits per heavy atom. The molecule has 154 valence electrons. The lowest BCUT2D eigenvalue weighted by atomic mass is 10.1. The van der Waals surface area contributed by atoms with Gasteiger partial charge in [-0.25, -0.2) is 10.5 Å². The fourth-order valence-corrected chi connectivity index (χ4v) is 3.84. The second kappa shape index (κ2) is 8.92. The van der Waals surface area contributed by atoms with Gasteiger partial charge in [-0.1, -0.05) is 30.3 Å². The molecule has 1 fully saturated rings. The summed E-state index contributed by atoms with van der Waals surface area (Å²) in [5, 5.41) is 14.3. The van der Waals surface area contributed by atoms with E-state index in [0.717, 1.165) is 42.1 Å². The van der Waals surface area contributed by atoms with Gasteiger partial charge in [-0.15, -0.1) is 0 Å². The second-order valence-corrected chi connectivity index (χ2v) is 7.50. The molecule has 30 heavy (non-hydrogen) atoms. The molecule has 1 atom stereocenters. The van der Waals surface area contributed by atoms with Crippen molar-refractivity contribution in [1.82, 2.24) is 15.4 Å². The van der Waals surface area contributed by atoms with Crippen LogP contribution < -0.4 is 10.8 Å². The van der Waals surface area contributed by atoms with Gasteiger partial charge in [-0.3, -0.25) is 14.8 Å². The monoisotopic (exact) mass is 404 g/mol. The van der Waals surface area contributed by atoms with Crippen LogP contribution in [0.25, 0.3) is 10.8 Å². The Labute approximate surface area is 174 Å². The first-order chi connectivity index (χ1) is 14.6. The lowest BCUT2D eigenvalue weighted by Gasteiger charge is -2.21. The number of aromatic nitrogens is 1. The lowest BCUT2D eigenvalue weighted by Crippen LogP contribution is -2.32. The number of rotatable bonds is 4. The van der Waals surface area contributed by atoms with Crippen molar-refractivity contribution in [1.29, 1.82) is 0 Å². The topological polar surface area (TPSA) is 94.6 Å². The Bertz CT molecular complexity index is 1050. The SMILES string of the molecule is O=C(NO)c1ccc(NC2CCCN(C(=O)c3ccc4ccccc4c3)CC2)nc1. The Hall–Kier alpha value is -3.45. The van der Waals surface area contributed by atoms with Gasteiger partial charge in [0, 0.05) is 30.9 Å². The lowest BCUT2D eigenvalue weighted by molar-refractivity contribution is 0.0705. The van der Waals surface area contributed by atoms with E-state index < -0.39 is 5.91 Å². The first-order valence-electron chi connectivity index (χ1n) is 10.1. The summed E-state index contributed by atoms with van der Waals surface area (Å²) < 4.78 is 0. The van der Waals surface area contributed by atoms with E-state index in [-0.39, 0.29) is 17.5 Å². The molecule has 1 aliphatic heterocycles. The summed E-state index contributed by atoms with van der Waals surface area (Å²) in [5.41, 5.74) is 2.60. The molecular formula is C23H24N4O3. The number of fused-ring (bicyclic) bond motifs is 1. The van der Waals surface area contributed by atoms with Gasteiger partial charge in [0.05, 0.1) is 5.56 Å². The zero-order valence-corrected chi connectivity index (χ0v) is 16.5. The normalized spacial score (nSPS) is 16.7. The van der Waals surface area contributed by atoms with Gasteiger partial charge < -0.3 is 10.2 Å². The summed E-state index contributed by atoms with van der Waals surface area (Å²) in [6.45, 7) is 1.40. The van der Waals surface area contributed by atoms with E-state index >= 15 is 0 Å². The number of likely N-dealkylation sites (tertiary alicyclic amines) is 1. The first-order valence-corrected chi connectivity index (χ1v) is 10.1. The average Bonchev–Trinajstić information content (AvgIpc) is 3.04. The van der Waals surface area contributed by atoms with E-state index in [1.165, 1.54) is 6.20 Å². The van der Waals surface area contributed by atoms with Gasteiger partial charge in [-0.05, 0) is 54.3 Å². The number of nitrogens with zero attached hydrogens (tertiary/aromatic N) is 2. The maximum absolute atomic E-state index is 13.0. The number of pyridine rings is 1. The Kier molecular flexibility index (Phi) is 5.90. The van der Waals surface area contributed by atoms with Crippen molar-refractivity contribution < 1.29 is 14.8 Å². The highest BCUT2D eigenvalue weighted by molar-refractivity contribution is 5.98. The number of carbonyl (C=O) groups excluding carboxylic acids is 2. The van der Waals surface area contributed by atoms with Crippen LogP contribution in [0.4, 0.5) is 5.82 Å². The zero-order valence-electron chi connectivity index (χ0n) is 16.5. The standard InChI is InChI=1S/C23H24N4O3/c28-22(26-30)19-9-10-21(24-15-19)25-20-6-3-12-27(13-11-20)23(29)18-8-7-16-4-1-2-5-17(16)14-18/h1-2,4-5,7-10,14-15,20,30H,3,6,11-13H2,(H,24,25)(H,26,28). The van der Waals surface area contributed by atoms with Crippen LogP contribution in [0.1, 0.15) is 40.0 Å². The molecule has 1 aliphatic rings. The van der Waals surface area contributed by atoms with E-state index in [2.05, 4.69) is 10.3 Å². The number of amides is 2. The summed E-state index contributed by atoms with van der Waals surface area (Å²) >= 11 is 0. The van der Waals surface area contributed by atoms with Crippen molar-refractivity contribution in [3.8, 4) is 0 Å². The van der Waals surface area contributed by atoms with Crippen molar-refractivity contribution >= 4 is 28.4 Å². The quantitative estimate of drug-likeness (QED) is 0.457. The maximum atomic E-state index is 13.0. The molecule has 2 heterocycles. The third kappa shape index (κ3) is 4.41. The summed E-state index contributed by atoms with van der Waals surface area (Å²) in [4.78, 5) is 30.6. The second-order valence-electron chi connectivity index (χ2n) is 7.50. The Morgan fingerprint density at radius 1 is 0.967 bits per heavy atom. The van der Waals surface area contributed by atoms with Crippen LogP contribution in [-0.2, 0) is 0 Å². The minimum Gasteiger partial charge on any atom is -0.367 e. The van der Waals surface area contributed by atoms with Crippen molar-refractivity contribution in [3.05, 3.63) is 71.9 Å². The van der Waals surface area contributed by atoms with Crippen LogP contribution in [0, 0.1) is 0 Å². The van der Waals surface area contributed by atoms with Crippen LogP contribution >= 0.6 is 0 Å².